The van der Waals surface area contributed by atoms with Gasteiger partial charge in [-0.15, -0.1) is 0 Å². The molecule has 2 aliphatic heterocycles. The molecule has 1 aliphatic carbocycles. The molecule has 0 N–H and O–H groups in total. The summed E-state index contributed by atoms with van der Waals surface area (Å²) in [5.74, 6) is 0.349. The highest BCUT2D eigenvalue weighted by Gasteiger charge is 2.44. The predicted molar refractivity (Wildman–Crippen MR) is 108 cm³/mol. The lowest BCUT2D eigenvalue weighted by Gasteiger charge is -2.45. The zero-order valence-corrected chi connectivity index (χ0v) is 16.4. The molecule has 3 aliphatic rings. The first-order chi connectivity index (χ1) is 13.6. The summed E-state index contributed by atoms with van der Waals surface area (Å²) in [5.41, 5.74) is 3.49. The van der Waals surface area contributed by atoms with Gasteiger partial charge >= 0.3 is 0 Å². The van der Waals surface area contributed by atoms with Crippen molar-refractivity contribution < 1.29 is 9.59 Å². The van der Waals surface area contributed by atoms with Crippen LogP contribution in [0, 0.1) is 5.92 Å². The van der Waals surface area contributed by atoms with Crippen molar-refractivity contribution in [2.24, 2.45) is 5.92 Å². The largest absolute Gasteiger partial charge is 0.332 e. The van der Waals surface area contributed by atoms with Crippen LogP contribution in [0.1, 0.15) is 41.5 Å². The summed E-state index contributed by atoms with van der Waals surface area (Å²) in [5, 5.41) is 0.674. The molecule has 2 aromatic carbocycles. The van der Waals surface area contributed by atoms with Crippen LogP contribution in [0.15, 0.2) is 48.5 Å². The molecule has 2 fully saturated rings. The predicted octanol–water partition coefficient (Wildman–Crippen LogP) is 3.80. The molecule has 1 saturated heterocycles. The second-order valence-corrected chi connectivity index (χ2v) is 8.57. The van der Waals surface area contributed by atoms with Crippen LogP contribution in [-0.4, -0.2) is 41.2 Å². The van der Waals surface area contributed by atoms with E-state index in [1.54, 1.807) is 4.90 Å². The van der Waals surface area contributed by atoms with Gasteiger partial charge in [0.15, 0.2) is 0 Å². The minimum Gasteiger partial charge on any atom is -0.332 e. The van der Waals surface area contributed by atoms with Crippen molar-refractivity contribution >= 4 is 23.4 Å². The molecule has 2 aromatic rings. The van der Waals surface area contributed by atoms with Crippen molar-refractivity contribution in [1.82, 2.24) is 9.80 Å². The lowest BCUT2D eigenvalue weighted by molar-refractivity contribution is -0.150. The van der Waals surface area contributed by atoms with Crippen LogP contribution >= 0.6 is 11.6 Å². The first kappa shape index (κ1) is 17.7. The van der Waals surface area contributed by atoms with Crippen molar-refractivity contribution in [3.63, 3.8) is 0 Å². The average molecular weight is 395 g/mol. The number of piperazine rings is 1. The third-order valence-corrected chi connectivity index (χ3v) is 6.60. The molecule has 2 heterocycles. The highest BCUT2D eigenvalue weighted by molar-refractivity contribution is 6.30. The van der Waals surface area contributed by atoms with Crippen LogP contribution in [0.2, 0.25) is 5.02 Å². The Bertz CT molecular complexity index is 922. The van der Waals surface area contributed by atoms with Gasteiger partial charge in [-0.05, 0) is 54.0 Å². The molecule has 0 radical (unpaired) electrons. The van der Waals surface area contributed by atoms with Gasteiger partial charge in [0, 0.05) is 18.1 Å². The Morgan fingerprint density at radius 1 is 1.07 bits per heavy atom. The highest BCUT2D eigenvalue weighted by atomic mass is 35.5. The van der Waals surface area contributed by atoms with Gasteiger partial charge in [0.1, 0.15) is 0 Å². The van der Waals surface area contributed by atoms with Crippen molar-refractivity contribution in [3.05, 3.63) is 70.2 Å². The maximum atomic E-state index is 13.5. The topological polar surface area (TPSA) is 40.6 Å². The van der Waals surface area contributed by atoms with Crippen LogP contribution in [0.3, 0.4) is 0 Å². The van der Waals surface area contributed by atoms with Gasteiger partial charge in [-0.25, -0.2) is 0 Å². The third kappa shape index (κ3) is 3.10. The van der Waals surface area contributed by atoms with Gasteiger partial charge in [-0.1, -0.05) is 48.0 Å². The Morgan fingerprint density at radius 3 is 2.57 bits per heavy atom. The van der Waals surface area contributed by atoms with E-state index in [2.05, 4.69) is 12.1 Å². The zero-order chi connectivity index (χ0) is 19.3. The molecule has 2 amide bonds. The van der Waals surface area contributed by atoms with Crippen molar-refractivity contribution in [2.45, 2.75) is 31.2 Å². The summed E-state index contributed by atoms with van der Waals surface area (Å²) in [7, 11) is 0. The highest BCUT2D eigenvalue weighted by Crippen LogP contribution is 2.44. The fraction of sp³-hybridized carbons (Fsp3) is 0.391. The molecule has 0 bridgehead atoms. The number of carbonyl (C=O) groups is 2. The van der Waals surface area contributed by atoms with Gasteiger partial charge in [-0.3, -0.25) is 9.59 Å². The van der Waals surface area contributed by atoms with E-state index in [0.717, 1.165) is 31.4 Å². The first-order valence-corrected chi connectivity index (χ1v) is 10.4. The number of hydrogen-bond acceptors (Lipinski definition) is 2. The van der Waals surface area contributed by atoms with E-state index >= 15 is 0 Å². The molecule has 0 aromatic heterocycles. The first-order valence-electron chi connectivity index (χ1n) is 10.0. The summed E-state index contributed by atoms with van der Waals surface area (Å²) >= 11 is 6.04. The summed E-state index contributed by atoms with van der Waals surface area (Å²) < 4.78 is 0. The summed E-state index contributed by atoms with van der Waals surface area (Å²) in [6.07, 6.45) is 3.03. The Labute approximate surface area is 170 Å². The number of rotatable bonds is 3. The number of fused-ring (bicyclic) bond motifs is 3. The maximum Gasteiger partial charge on any atom is 0.242 e. The summed E-state index contributed by atoms with van der Waals surface area (Å²) in [4.78, 5) is 30.1. The molecular formula is C23H23ClN2O2. The number of amides is 2. The molecule has 5 rings (SSSR count). The second kappa shape index (κ2) is 6.93. The standard InChI is InChI=1S/C23H23ClN2O2/c24-18-9-7-17(8-10-18)22(16-5-6-16)23(28)25-13-20-19-4-2-1-3-15(19)11-12-26(20)21(27)14-25/h1-4,7-10,16,20,22H,5-6,11-14H2. The number of carbonyl (C=O) groups excluding carboxylic acids is 2. The average Bonchev–Trinajstić information content (AvgIpc) is 3.54. The zero-order valence-electron chi connectivity index (χ0n) is 15.7. The SMILES string of the molecule is O=C(C(c1ccc(Cl)cc1)C1CC1)N1CC(=O)N2CCc3ccccc3C2C1. The Balaban J connectivity index is 1.44. The fourth-order valence-electron chi connectivity index (χ4n) is 4.76. The van der Waals surface area contributed by atoms with Crippen LogP contribution in [0.4, 0.5) is 0 Å². The number of halogens is 1. The summed E-state index contributed by atoms with van der Waals surface area (Å²) in [6, 6.07) is 15.9. The van der Waals surface area contributed by atoms with Crippen molar-refractivity contribution in [2.75, 3.05) is 19.6 Å². The Morgan fingerprint density at radius 2 is 1.82 bits per heavy atom. The quantitative estimate of drug-likeness (QED) is 0.794. The molecule has 4 nitrogen and oxygen atoms in total. The molecule has 28 heavy (non-hydrogen) atoms. The second-order valence-electron chi connectivity index (χ2n) is 8.14. The lowest BCUT2D eigenvalue weighted by Crippen LogP contribution is -2.56. The number of nitrogens with zero attached hydrogens (tertiary/aromatic N) is 2. The molecule has 2 unspecified atom stereocenters. The lowest BCUT2D eigenvalue weighted by atomic mass is 9.89. The van der Waals surface area contributed by atoms with Crippen molar-refractivity contribution in [1.29, 1.82) is 0 Å². The smallest absolute Gasteiger partial charge is 0.242 e. The molecule has 0 spiro atoms. The van der Waals surface area contributed by atoms with Gasteiger partial charge in [0.25, 0.3) is 0 Å². The number of hydrogen-bond donors (Lipinski definition) is 0. The number of benzene rings is 2. The fourth-order valence-corrected chi connectivity index (χ4v) is 4.88. The third-order valence-electron chi connectivity index (χ3n) is 6.35. The minimum atomic E-state index is -0.171. The molecule has 2 atom stereocenters. The van der Waals surface area contributed by atoms with E-state index in [4.69, 9.17) is 11.6 Å². The van der Waals surface area contributed by atoms with E-state index in [-0.39, 0.29) is 30.3 Å². The van der Waals surface area contributed by atoms with E-state index < -0.39 is 0 Å². The van der Waals surface area contributed by atoms with E-state index in [9.17, 15) is 9.59 Å². The minimum absolute atomic E-state index is 0.0276. The molecule has 5 heteroatoms. The monoisotopic (exact) mass is 394 g/mol. The van der Waals surface area contributed by atoms with Gasteiger partial charge in [0.05, 0.1) is 18.5 Å². The van der Waals surface area contributed by atoms with Crippen LogP contribution in [0.5, 0.6) is 0 Å². The van der Waals surface area contributed by atoms with E-state index in [0.29, 0.717) is 17.5 Å². The summed E-state index contributed by atoms with van der Waals surface area (Å²) in [6.45, 7) is 1.51. The molecular weight excluding hydrogens is 372 g/mol. The van der Waals surface area contributed by atoms with Gasteiger partial charge in [0.2, 0.25) is 11.8 Å². The van der Waals surface area contributed by atoms with E-state index in [1.165, 1.54) is 11.1 Å². The normalized spacial score (nSPS) is 22.5. The van der Waals surface area contributed by atoms with Gasteiger partial charge in [-0.2, -0.15) is 0 Å². The Kier molecular flexibility index (Phi) is 4.39. The van der Waals surface area contributed by atoms with Crippen LogP contribution in [-0.2, 0) is 16.0 Å². The Hall–Kier alpha value is -2.33. The van der Waals surface area contributed by atoms with Gasteiger partial charge < -0.3 is 9.80 Å². The van der Waals surface area contributed by atoms with Crippen LogP contribution < -0.4 is 0 Å². The maximum absolute atomic E-state index is 13.5. The van der Waals surface area contributed by atoms with Crippen molar-refractivity contribution in [3.8, 4) is 0 Å². The molecule has 1 saturated carbocycles. The van der Waals surface area contributed by atoms with E-state index in [1.807, 2.05) is 41.3 Å². The van der Waals surface area contributed by atoms with Crippen LogP contribution in [0.25, 0.3) is 0 Å². The molecule has 144 valence electrons.